The standard InChI is InChI=1S/C16H19BrFNO/c1-2-10-19-15(9-8-12-5-4-11-20-12)13-6-3-7-14(17)16(13)18/h3-7,11,15,19H,2,8-10H2,1H3. The maximum Gasteiger partial charge on any atom is 0.142 e. The van der Waals surface area contributed by atoms with E-state index in [1.165, 1.54) is 0 Å². The topological polar surface area (TPSA) is 25.2 Å². The largest absolute Gasteiger partial charge is 0.469 e. The quantitative estimate of drug-likeness (QED) is 0.779. The second kappa shape index (κ2) is 7.60. The molecule has 1 aromatic heterocycles. The first-order valence-corrected chi connectivity index (χ1v) is 7.71. The third-order valence-corrected chi connectivity index (χ3v) is 3.87. The lowest BCUT2D eigenvalue weighted by atomic mass is 10.0. The molecule has 0 fully saturated rings. The van der Waals surface area contributed by atoms with E-state index < -0.39 is 0 Å². The van der Waals surface area contributed by atoms with Gasteiger partial charge in [0.2, 0.25) is 0 Å². The molecule has 0 saturated heterocycles. The van der Waals surface area contributed by atoms with Crippen molar-refractivity contribution in [3.63, 3.8) is 0 Å². The zero-order valence-corrected chi connectivity index (χ0v) is 13.1. The summed E-state index contributed by atoms with van der Waals surface area (Å²) in [5.74, 6) is 0.754. The van der Waals surface area contributed by atoms with Gasteiger partial charge in [0, 0.05) is 18.0 Å². The number of nitrogens with one attached hydrogen (secondary N) is 1. The molecule has 2 aromatic rings. The van der Waals surface area contributed by atoms with Gasteiger partial charge in [0.05, 0.1) is 10.7 Å². The lowest BCUT2D eigenvalue weighted by molar-refractivity contribution is 0.440. The maximum absolute atomic E-state index is 14.2. The fourth-order valence-corrected chi connectivity index (χ4v) is 2.60. The van der Waals surface area contributed by atoms with Gasteiger partial charge in [-0.15, -0.1) is 0 Å². The van der Waals surface area contributed by atoms with Gasteiger partial charge in [-0.1, -0.05) is 19.1 Å². The summed E-state index contributed by atoms with van der Waals surface area (Å²) in [4.78, 5) is 0. The van der Waals surface area contributed by atoms with Crippen LogP contribution in [0.1, 0.15) is 37.1 Å². The number of hydrogen-bond acceptors (Lipinski definition) is 2. The van der Waals surface area contributed by atoms with Gasteiger partial charge in [0.25, 0.3) is 0 Å². The van der Waals surface area contributed by atoms with Crippen LogP contribution in [-0.4, -0.2) is 6.54 Å². The summed E-state index contributed by atoms with van der Waals surface area (Å²) in [7, 11) is 0. The smallest absolute Gasteiger partial charge is 0.142 e. The van der Waals surface area contributed by atoms with Crippen LogP contribution >= 0.6 is 15.9 Å². The average molecular weight is 340 g/mol. The van der Waals surface area contributed by atoms with E-state index >= 15 is 0 Å². The molecule has 1 unspecified atom stereocenters. The molecule has 0 aliphatic heterocycles. The molecule has 20 heavy (non-hydrogen) atoms. The molecule has 1 heterocycles. The molecule has 1 atom stereocenters. The van der Waals surface area contributed by atoms with Crippen LogP contribution in [-0.2, 0) is 6.42 Å². The average Bonchev–Trinajstić information content (AvgIpc) is 2.96. The molecule has 0 bridgehead atoms. The number of halogens is 2. The Bertz CT molecular complexity index is 527. The number of aryl methyl sites for hydroxylation is 1. The third kappa shape index (κ3) is 3.93. The fraction of sp³-hybridized carbons (Fsp3) is 0.375. The van der Waals surface area contributed by atoms with Gasteiger partial charge in [-0.3, -0.25) is 0 Å². The zero-order valence-electron chi connectivity index (χ0n) is 11.5. The zero-order chi connectivity index (χ0) is 14.4. The Balaban J connectivity index is 2.11. The van der Waals surface area contributed by atoms with Crippen LogP contribution in [0.5, 0.6) is 0 Å². The molecule has 1 aromatic carbocycles. The molecule has 0 aliphatic carbocycles. The summed E-state index contributed by atoms with van der Waals surface area (Å²) in [6.45, 7) is 2.97. The highest BCUT2D eigenvalue weighted by molar-refractivity contribution is 9.10. The van der Waals surface area contributed by atoms with E-state index in [0.717, 1.165) is 31.6 Å². The minimum Gasteiger partial charge on any atom is -0.469 e. The SMILES string of the molecule is CCCNC(CCc1ccco1)c1cccc(Br)c1F. The van der Waals surface area contributed by atoms with Gasteiger partial charge in [-0.25, -0.2) is 4.39 Å². The van der Waals surface area contributed by atoms with Gasteiger partial charge < -0.3 is 9.73 Å². The van der Waals surface area contributed by atoms with E-state index in [1.807, 2.05) is 24.3 Å². The van der Waals surface area contributed by atoms with Crippen molar-refractivity contribution in [1.29, 1.82) is 0 Å². The molecule has 0 saturated carbocycles. The molecule has 0 spiro atoms. The second-order valence-electron chi connectivity index (χ2n) is 4.77. The van der Waals surface area contributed by atoms with Crippen molar-refractivity contribution in [2.45, 2.75) is 32.2 Å². The summed E-state index contributed by atoms with van der Waals surface area (Å²) < 4.78 is 20.1. The Labute approximate surface area is 127 Å². The van der Waals surface area contributed by atoms with Crippen molar-refractivity contribution in [2.24, 2.45) is 0 Å². The van der Waals surface area contributed by atoms with E-state index in [9.17, 15) is 4.39 Å². The van der Waals surface area contributed by atoms with Crippen molar-refractivity contribution < 1.29 is 8.81 Å². The number of hydrogen-bond donors (Lipinski definition) is 1. The Morgan fingerprint density at radius 3 is 2.85 bits per heavy atom. The molecule has 4 heteroatoms. The van der Waals surface area contributed by atoms with Gasteiger partial charge in [0.15, 0.2) is 0 Å². The molecule has 1 N–H and O–H groups in total. The van der Waals surface area contributed by atoms with E-state index in [0.29, 0.717) is 10.0 Å². The predicted octanol–water partition coefficient (Wildman–Crippen LogP) is 4.85. The summed E-state index contributed by atoms with van der Waals surface area (Å²) in [5.41, 5.74) is 0.708. The molecular formula is C16H19BrFNO. The van der Waals surface area contributed by atoms with Crippen LogP contribution in [0.2, 0.25) is 0 Å². The molecule has 108 valence electrons. The van der Waals surface area contributed by atoms with E-state index in [-0.39, 0.29) is 11.9 Å². The first-order valence-electron chi connectivity index (χ1n) is 6.92. The summed E-state index contributed by atoms with van der Waals surface area (Å²) in [6, 6.07) is 9.27. The molecule has 0 aliphatic rings. The first-order chi connectivity index (χ1) is 9.72. The first kappa shape index (κ1) is 15.3. The predicted molar refractivity (Wildman–Crippen MR) is 82.2 cm³/mol. The van der Waals surface area contributed by atoms with Crippen molar-refractivity contribution in [3.05, 3.63) is 58.2 Å². The minimum absolute atomic E-state index is 0.00227. The Hall–Kier alpha value is -1.13. The Morgan fingerprint density at radius 2 is 2.15 bits per heavy atom. The van der Waals surface area contributed by atoms with Crippen molar-refractivity contribution in [2.75, 3.05) is 6.54 Å². The number of furan rings is 1. The Morgan fingerprint density at radius 1 is 1.30 bits per heavy atom. The third-order valence-electron chi connectivity index (χ3n) is 3.26. The maximum atomic E-state index is 14.2. The lowest BCUT2D eigenvalue weighted by Crippen LogP contribution is -2.23. The highest BCUT2D eigenvalue weighted by Gasteiger charge is 2.17. The fourth-order valence-electron chi connectivity index (χ4n) is 2.22. The van der Waals surface area contributed by atoms with Crippen LogP contribution in [0.4, 0.5) is 4.39 Å². The van der Waals surface area contributed by atoms with Crippen LogP contribution < -0.4 is 5.32 Å². The Kier molecular flexibility index (Phi) is 5.80. The van der Waals surface area contributed by atoms with Crippen LogP contribution in [0.15, 0.2) is 45.5 Å². The van der Waals surface area contributed by atoms with Crippen molar-refractivity contribution >= 4 is 15.9 Å². The number of rotatable bonds is 7. The molecule has 2 nitrogen and oxygen atoms in total. The van der Waals surface area contributed by atoms with Crippen LogP contribution in [0.3, 0.4) is 0 Å². The van der Waals surface area contributed by atoms with Crippen LogP contribution in [0, 0.1) is 5.82 Å². The van der Waals surface area contributed by atoms with Gasteiger partial charge >= 0.3 is 0 Å². The molecule has 0 radical (unpaired) electrons. The van der Waals surface area contributed by atoms with E-state index in [1.54, 1.807) is 12.3 Å². The van der Waals surface area contributed by atoms with Crippen molar-refractivity contribution in [3.8, 4) is 0 Å². The monoisotopic (exact) mass is 339 g/mol. The normalized spacial score (nSPS) is 12.6. The molecule has 2 rings (SSSR count). The van der Waals surface area contributed by atoms with Gasteiger partial charge in [-0.05, 0) is 53.5 Å². The second-order valence-corrected chi connectivity index (χ2v) is 5.62. The summed E-state index contributed by atoms with van der Waals surface area (Å²) in [5, 5.41) is 3.41. The van der Waals surface area contributed by atoms with Crippen LogP contribution in [0.25, 0.3) is 0 Å². The molecular weight excluding hydrogens is 321 g/mol. The molecule has 0 amide bonds. The van der Waals surface area contributed by atoms with Crippen molar-refractivity contribution in [1.82, 2.24) is 5.32 Å². The van der Waals surface area contributed by atoms with E-state index in [2.05, 4.69) is 28.2 Å². The highest BCUT2D eigenvalue weighted by atomic mass is 79.9. The lowest BCUT2D eigenvalue weighted by Gasteiger charge is -2.19. The van der Waals surface area contributed by atoms with Gasteiger partial charge in [0.1, 0.15) is 11.6 Å². The van der Waals surface area contributed by atoms with E-state index in [4.69, 9.17) is 4.42 Å². The summed E-state index contributed by atoms with van der Waals surface area (Å²) in [6.07, 6.45) is 4.29. The summed E-state index contributed by atoms with van der Waals surface area (Å²) >= 11 is 3.25. The van der Waals surface area contributed by atoms with Gasteiger partial charge in [-0.2, -0.15) is 0 Å². The minimum atomic E-state index is -0.180. The number of benzene rings is 1. The highest BCUT2D eigenvalue weighted by Crippen LogP contribution is 2.26.